The molecule has 1 aliphatic carbocycles. The van der Waals surface area contributed by atoms with E-state index in [1.54, 1.807) is 0 Å². The molecule has 2 aromatic heterocycles. The second-order valence-electron chi connectivity index (χ2n) is 10.7. The molecule has 0 saturated carbocycles. The molecule has 1 unspecified atom stereocenters. The molecule has 5 aromatic carbocycles. The van der Waals surface area contributed by atoms with Crippen LogP contribution in [-0.4, -0.2) is 4.98 Å². The topological polar surface area (TPSA) is 42.4 Å². The Balaban J connectivity index is 1.22. The van der Waals surface area contributed by atoms with Gasteiger partial charge in [0.25, 0.3) is 0 Å². The minimum absolute atomic E-state index is 0.440. The summed E-state index contributed by atoms with van der Waals surface area (Å²) in [5, 5.41) is 1.97. The lowest BCUT2D eigenvalue weighted by atomic mass is 9.92. The lowest BCUT2D eigenvalue weighted by Crippen LogP contribution is -2.11. The van der Waals surface area contributed by atoms with E-state index in [-0.39, 0.29) is 0 Å². The van der Waals surface area contributed by atoms with Crippen molar-refractivity contribution in [1.82, 2.24) is 4.98 Å². The van der Waals surface area contributed by atoms with E-state index < -0.39 is 0 Å². The summed E-state index contributed by atoms with van der Waals surface area (Å²) in [7, 11) is 0. The van der Waals surface area contributed by atoms with Crippen molar-refractivity contribution in [1.29, 1.82) is 0 Å². The van der Waals surface area contributed by atoms with Crippen molar-refractivity contribution in [2.45, 2.75) is 17.2 Å². The van der Waals surface area contributed by atoms with Gasteiger partial charge in [-0.1, -0.05) is 78.5 Å². The number of aromatic nitrogens is 1. The van der Waals surface area contributed by atoms with E-state index in [9.17, 15) is 0 Å². The van der Waals surface area contributed by atoms with Crippen LogP contribution in [0.3, 0.4) is 0 Å². The fourth-order valence-electron chi connectivity index (χ4n) is 6.30. The molecular weight excluding hydrogens is 536 g/mol. The number of allylic oxidation sites excluding steroid dienone is 4. The molecule has 42 heavy (non-hydrogen) atoms. The zero-order valence-corrected chi connectivity index (χ0v) is 23.3. The van der Waals surface area contributed by atoms with Gasteiger partial charge in [-0.05, 0) is 71.5 Å². The van der Waals surface area contributed by atoms with Gasteiger partial charge in [-0.3, -0.25) is 0 Å². The Morgan fingerprint density at radius 2 is 1.62 bits per heavy atom. The Labute approximate surface area is 246 Å². The van der Waals surface area contributed by atoms with Crippen LogP contribution in [0, 0.1) is 0 Å². The molecule has 200 valence electrons. The first-order chi connectivity index (χ1) is 20.8. The molecule has 0 amide bonds. The van der Waals surface area contributed by atoms with E-state index in [0.29, 0.717) is 11.8 Å². The molecule has 0 bridgehead atoms. The van der Waals surface area contributed by atoms with Crippen molar-refractivity contribution < 1.29 is 8.83 Å². The number of thioether (sulfide) groups is 1. The molecule has 0 spiro atoms. The minimum atomic E-state index is 0.440. The van der Waals surface area contributed by atoms with E-state index >= 15 is 0 Å². The van der Waals surface area contributed by atoms with E-state index in [1.165, 1.54) is 21.1 Å². The summed E-state index contributed by atoms with van der Waals surface area (Å²) < 4.78 is 12.8. The molecule has 0 N–H and O–H groups in total. The molecule has 5 heteroatoms. The second kappa shape index (κ2) is 9.26. The smallest absolute Gasteiger partial charge is 0.227 e. The van der Waals surface area contributed by atoms with Crippen LogP contribution in [0.15, 0.2) is 146 Å². The van der Waals surface area contributed by atoms with Gasteiger partial charge in [0.15, 0.2) is 5.58 Å². The Morgan fingerprint density at radius 1 is 0.762 bits per heavy atom. The third-order valence-electron chi connectivity index (χ3n) is 8.24. The lowest BCUT2D eigenvalue weighted by molar-refractivity contribution is 0.622. The number of para-hydroxylation sites is 1. The molecule has 1 atom stereocenters. The van der Waals surface area contributed by atoms with Gasteiger partial charge < -0.3 is 13.7 Å². The number of furan rings is 1. The van der Waals surface area contributed by atoms with Crippen LogP contribution >= 0.6 is 11.8 Å². The molecule has 1 aliphatic heterocycles. The molecule has 7 aromatic rings. The fraction of sp³-hybridized carbons (Fsp3) is 0.0541. The Morgan fingerprint density at radius 3 is 2.50 bits per heavy atom. The van der Waals surface area contributed by atoms with Crippen LogP contribution in [0.25, 0.3) is 44.5 Å². The van der Waals surface area contributed by atoms with Crippen LogP contribution in [0.4, 0.5) is 17.1 Å². The number of fused-ring (bicyclic) bond motifs is 8. The van der Waals surface area contributed by atoms with Crippen LogP contribution < -0.4 is 4.90 Å². The third kappa shape index (κ3) is 3.60. The minimum Gasteiger partial charge on any atom is -0.456 e. The van der Waals surface area contributed by atoms with Crippen LogP contribution in [0.5, 0.6) is 0 Å². The SMILES string of the molecule is C1=CCC2C(=C1)Sc1c2cccc1N(c1ccccc1)c1ccc2c(c1)oc1ccc3nc(-c4ccccc4)oc3c12. The molecular formula is C37H24N2O2S. The van der Waals surface area contributed by atoms with Crippen LogP contribution in [0.2, 0.25) is 0 Å². The maximum Gasteiger partial charge on any atom is 0.227 e. The highest BCUT2D eigenvalue weighted by Gasteiger charge is 2.32. The van der Waals surface area contributed by atoms with Crippen LogP contribution in [-0.2, 0) is 0 Å². The molecule has 0 fully saturated rings. The maximum absolute atomic E-state index is 6.47. The maximum atomic E-state index is 6.47. The predicted molar refractivity (Wildman–Crippen MR) is 172 cm³/mol. The van der Waals surface area contributed by atoms with Crippen molar-refractivity contribution >= 4 is 61.9 Å². The first kappa shape index (κ1) is 23.7. The highest BCUT2D eigenvalue weighted by Crippen LogP contribution is 2.56. The summed E-state index contributed by atoms with van der Waals surface area (Å²) in [6.07, 6.45) is 7.77. The summed E-state index contributed by atoms with van der Waals surface area (Å²) >= 11 is 1.90. The molecule has 0 radical (unpaired) electrons. The van der Waals surface area contributed by atoms with Gasteiger partial charge in [-0.2, -0.15) is 0 Å². The van der Waals surface area contributed by atoms with Gasteiger partial charge in [-0.15, -0.1) is 0 Å². The van der Waals surface area contributed by atoms with Gasteiger partial charge in [0.1, 0.15) is 16.7 Å². The number of anilines is 3. The monoisotopic (exact) mass is 560 g/mol. The summed E-state index contributed by atoms with van der Waals surface area (Å²) in [5.74, 6) is 1.05. The highest BCUT2D eigenvalue weighted by molar-refractivity contribution is 8.03. The summed E-state index contributed by atoms with van der Waals surface area (Å²) in [4.78, 5) is 9.87. The zero-order chi connectivity index (χ0) is 27.6. The van der Waals surface area contributed by atoms with Crippen molar-refractivity contribution in [3.8, 4) is 11.5 Å². The van der Waals surface area contributed by atoms with Gasteiger partial charge >= 0.3 is 0 Å². The average molecular weight is 561 g/mol. The third-order valence-corrected chi connectivity index (χ3v) is 9.55. The van der Waals surface area contributed by atoms with E-state index in [1.807, 2.05) is 54.2 Å². The van der Waals surface area contributed by atoms with E-state index in [4.69, 9.17) is 13.8 Å². The Kier molecular flexibility index (Phi) is 5.22. The quantitative estimate of drug-likeness (QED) is 0.214. The first-order valence-electron chi connectivity index (χ1n) is 14.2. The van der Waals surface area contributed by atoms with Gasteiger partial charge in [0, 0.05) is 39.2 Å². The Bertz CT molecular complexity index is 2210. The first-order valence-corrected chi connectivity index (χ1v) is 15.0. The average Bonchev–Trinajstić information content (AvgIpc) is 3.75. The number of benzene rings is 5. The van der Waals surface area contributed by atoms with E-state index in [0.717, 1.165) is 56.4 Å². The van der Waals surface area contributed by atoms with Gasteiger partial charge in [0.05, 0.1) is 11.1 Å². The van der Waals surface area contributed by atoms with Crippen LogP contribution in [0.1, 0.15) is 17.9 Å². The van der Waals surface area contributed by atoms with Gasteiger partial charge in [0.2, 0.25) is 5.89 Å². The molecule has 2 aliphatic rings. The number of hydrogen-bond acceptors (Lipinski definition) is 5. The van der Waals surface area contributed by atoms with Crippen molar-refractivity contribution in [3.63, 3.8) is 0 Å². The number of oxazole rings is 1. The van der Waals surface area contributed by atoms with Crippen molar-refractivity contribution in [2.75, 3.05) is 4.90 Å². The number of rotatable bonds is 4. The predicted octanol–water partition coefficient (Wildman–Crippen LogP) is 10.9. The van der Waals surface area contributed by atoms with Gasteiger partial charge in [-0.25, -0.2) is 4.98 Å². The normalized spacial score (nSPS) is 15.7. The lowest BCUT2D eigenvalue weighted by Gasteiger charge is -2.27. The fourth-order valence-corrected chi connectivity index (χ4v) is 7.64. The summed E-state index contributed by atoms with van der Waals surface area (Å²) in [6, 6.07) is 37.8. The zero-order valence-electron chi connectivity index (χ0n) is 22.5. The molecule has 4 nitrogen and oxygen atoms in total. The number of nitrogens with zero attached hydrogens (tertiary/aromatic N) is 2. The Hall–Kier alpha value is -5.00. The summed E-state index contributed by atoms with van der Waals surface area (Å²) in [5.41, 5.74) is 8.86. The van der Waals surface area contributed by atoms with E-state index in [2.05, 4.69) is 89.9 Å². The highest BCUT2D eigenvalue weighted by atomic mass is 32.2. The number of hydrogen-bond donors (Lipinski definition) is 0. The molecule has 9 rings (SSSR count). The molecule has 0 saturated heterocycles. The summed E-state index contributed by atoms with van der Waals surface area (Å²) in [6.45, 7) is 0. The van der Waals surface area contributed by atoms with Crippen molar-refractivity contribution in [2.24, 2.45) is 0 Å². The largest absolute Gasteiger partial charge is 0.456 e. The van der Waals surface area contributed by atoms with Crippen molar-refractivity contribution in [3.05, 3.63) is 138 Å². The standard InChI is InChI=1S/C37H24N2O2S/c1-3-10-23(11-4-1)37-38-29-20-21-31-34(35(29)41-37)28-19-18-25(22-32(28)40-31)39(24-12-5-2-6-13-24)30-16-9-15-27-26-14-7-8-17-33(26)42-36(27)30/h1-13,15-22,26H,14H2. The second-order valence-corrected chi connectivity index (χ2v) is 11.8. The molecule has 3 heterocycles.